The lowest BCUT2D eigenvalue weighted by Gasteiger charge is -2.16. The van der Waals surface area contributed by atoms with E-state index < -0.39 is 15.8 Å². The summed E-state index contributed by atoms with van der Waals surface area (Å²) in [7, 11) is -3.59. The maximum atomic E-state index is 13.4. The Kier molecular flexibility index (Phi) is 5.92. The highest BCUT2D eigenvalue weighted by molar-refractivity contribution is 7.89. The van der Waals surface area contributed by atoms with Crippen LogP contribution in [0, 0.1) is 23.1 Å². The van der Waals surface area contributed by atoms with Gasteiger partial charge in [0.05, 0.1) is 12.4 Å². The number of rotatable bonds is 7. The molecule has 1 aromatic rings. The summed E-state index contributed by atoms with van der Waals surface area (Å²) < 4.78 is 41.0. The quantitative estimate of drug-likeness (QED) is 0.830. The molecule has 0 fully saturated rings. The Morgan fingerprint density at radius 3 is 2.75 bits per heavy atom. The van der Waals surface area contributed by atoms with Gasteiger partial charge in [0.2, 0.25) is 10.0 Å². The average molecular weight is 300 g/mol. The highest BCUT2D eigenvalue weighted by atomic mass is 32.2. The Balaban J connectivity index is 2.78. The zero-order chi connectivity index (χ0) is 15.2. The first kappa shape index (κ1) is 16.4. The lowest BCUT2D eigenvalue weighted by atomic mass is 10.1. The summed E-state index contributed by atoms with van der Waals surface area (Å²) in [5, 5.41) is 13.9. The molecule has 0 bridgehead atoms. The monoisotopic (exact) mass is 300 g/mol. The zero-order valence-corrected chi connectivity index (χ0v) is 12.0. The molecule has 20 heavy (non-hydrogen) atoms. The SMILES string of the molecule is CCCC(COc1cccc(F)c1C#N)CS(N)(=O)=O. The predicted molar refractivity (Wildman–Crippen MR) is 73.0 cm³/mol. The third kappa shape index (κ3) is 5.15. The number of ether oxygens (including phenoxy) is 1. The van der Waals surface area contributed by atoms with Crippen LogP contribution in [0.15, 0.2) is 18.2 Å². The Morgan fingerprint density at radius 1 is 1.50 bits per heavy atom. The minimum atomic E-state index is -3.59. The second kappa shape index (κ2) is 7.22. The molecule has 0 saturated carbocycles. The third-order valence-electron chi connectivity index (χ3n) is 2.73. The number of hydrogen-bond acceptors (Lipinski definition) is 4. The van der Waals surface area contributed by atoms with Crippen molar-refractivity contribution < 1.29 is 17.5 Å². The first-order chi connectivity index (χ1) is 9.37. The van der Waals surface area contributed by atoms with Gasteiger partial charge in [-0.15, -0.1) is 0 Å². The molecular formula is C13H17FN2O3S. The first-order valence-electron chi connectivity index (χ1n) is 6.19. The first-order valence-corrected chi connectivity index (χ1v) is 7.90. The van der Waals surface area contributed by atoms with E-state index in [0.717, 1.165) is 6.42 Å². The van der Waals surface area contributed by atoms with Crippen molar-refractivity contribution in [3.63, 3.8) is 0 Å². The van der Waals surface area contributed by atoms with Crippen LogP contribution in [0.4, 0.5) is 4.39 Å². The lowest BCUT2D eigenvalue weighted by molar-refractivity contribution is 0.251. The van der Waals surface area contributed by atoms with Crippen LogP contribution in [0.5, 0.6) is 5.75 Å². The molecule has 1 rings (SSSR count). The molecule has 0 radical (unpaired) electrons. The molecular weight excluding hydrogens is 283 g/mol. The average Bonchev–Trinajstić information content (AvgIpc) is 2.34. The van der Waals surface area contributed by atoms with Crippen molar-refractivity contribution in [3.8, 4) is 11.8 Å². The molecule has 5 nitrogen and oxygen atoms in total. The van der Waals surface area contributed by atoms with Crippen molar-refractivity contribution in [3.05, 3.63) is 29.6 Å². The number of nitrogens with two attached hydrogens (primary N) is 1. The van der Waals surface area contributed by atoms with Crippen molar-refractivity contribution in [2.75, 3.05) is 12.4 Å². The number of primary sulfonamides is 1. The van der Waals surface area contributed by atoms with E-state index in [2.05, 4.69) is 0 Å². The fourth-order valence-corrected chi connectivity index (χ4v) is 2.81. The fourth-order valence-electron chi connectivity index (χ4n) is 1.89. The largest absolute Gasteiger partial charge is 0.492 e. The normalized spacial score (nSPS) is 12.7. The van der Waals surface area contributed by atoms with Crippen molar-refractivity contribution >= 4 is 10.0 Å². The Labute approximate surface area is 118 Å². The van der Waals surface area contributed by atoms with Gasteiger partial charge in [-0.3, -0.25) is 0 Å². The van der Waals surface area contributed by atoms with Crippen LogP contribution in [-0.2, 0) is 10.0 Å². The maximum Gasteiger partial charge on any atom is 0.209 e. The summed E-state index contributed by atoms with van der Waals surface area (Å²) in [6.45, 7) is 1.99. The second-order valence-corrected chi connectivity index (χ2v) is 6.18. The lowest BCUT2D eigenvalue weighted by Crippen LogP contribution is -2.27. The molecule has 0 aromatic heterocycles. The summed E-state index contributed by atoms with van der Waals surface area (Å²) in [6, 6.07) is 5.80. The van der Waals surface area contributed by atoms with Crippen LogP contribution in [0.2, 0.25) is 0 Å². The molecule has 0 heterocycles. The van der Waals surface area contributed by atoms with Crippen LogP contribution in [-0.4, -0.2) is 20.8 Å². The standard InChI is InChI=1S/C13H17FN2O3S/c1-2-4-10(9-20(16,17)18)8-19-13-6-3-5-12(14)11(13)7-15/h3,5-6,10H,2,4,8-9H2,1H3,(H2,16,17,18). The van der Waals surface area contributed by atoms with E-state index in [4.69, 9.17) is 15.1 Å². The molecule has 110 valence electrons. The highest BCUT2D eigenvalue weighted by Crippen LogP contribution is 2.21. The van der Waals surface area contributed by atoms with Gasteiger partial charge in [-0.1, -0.05) is 19.4 Å². The minimum absolute atomic E-state index is 0.0718. The number of nitrogens with zero attached hydrogens (tertiary/aromatic N) is 1. The maximum absolute atomic E-state index is 13.4. The molecule has 1 unspecified atom stereocenters. The van der Waals surface area contributed by atoms with Gasteiger partial charge < -0.3 is 4.74 Å². The van der Waals surface area contributed by atoms with Crippen LogP contribution >= 0.6 is 0 Å². The van der Waals surface area contributed by atoms with E-state index >= 15 is 0 Å². The Bertz CT molecular complexity index is 596. The van der Waals surface area contributed by atoms with Gasteiger partial charge in [-0.25, -0.2) is 17.9 Å². The summed E-state index contributed by atoms with van der Waals surface area (Å²) >= 11 is 0. The third-order valence-corrected chi connectivity index (χ3v) is 3.66. The molecule has 0 saturated heterocycles. The molecule has 0 aliphatic carbocycles. The predicted octanol–water partition coefficient (Wildman–Crippen LogP) is 1.78. The van der Waals surface area contributed by atoms with Gasteiger partial charge in [0.15, 0.2) is 0 Å². The van der Waals surface area contributed by atoms with Gasteiger partial charge in [-0.2, -0.15) is 5.26 Å². The number of hydrogen-bond donors (Lipinski definition) is 1. The molecule has 1 aromatic carbocycles. The summed E-state index contributed by atoms with van der Waals surface area (Å²) in [6.07, 6.45) is 1.39. The minimum Gasteiger partial charge on any atom is -0.492 e. The van der Waals surface area contributed by atoms with E-state index in [1.54, 1.807) is 6.07 Å². The van der Waals surface area contributed by atoms with Crippen LogP contribution in [0.25, 0.3) is 0 Å². The topological polar surface area (TPSA) is 93.2 Å². The number of benzene rings is 1. The number of nitriles is 1. The highest BCUT2D eigenvalue weighted by Gasteiger charge is 2.17. The molecule has 1 atom stereocenters. The van der Waals surface area contributed by atoms with Gasteiger partial charge in [0, 0.05) is 5.92 Å². The molecule has 0 spiro atoms. The Morgan fingerprint density at radius 2 is 2.20 bits per heavy atom. The van der Waals surface area contributed by atoms with Gasteiger partial charge in [0.25, 0.3) is 0 Å². The van der Waals surface area contributed by atoms with Gasteiger partial charge >= 0.3 is 0 Å². The van der Waals surface area contributed by atoms with Crippen molar-refractivity contribution in [2.45, 2.75) is 19.8 Å². The van der Waals surface area contributed by atoms with Crippen LogP contribution < -0.4 is 9.88 Å². The second-order valence-electron chi connectivity index (χ2n) is 4.52. The van der Waals surface area contributed by atoms with Crippen molar-refractivity contribution in [2.24, 2.45) is 11.1 Å². The van der Waals surface area contributed by atoms with E-state index in [9.17, 15) is 12.8 Å². The molecule has 0 amide bonds. The van der Waals surface area contributed by atoms with E-state index in [1.165, 1.54) is 18.2 Å². The van der Waals surface area contributed by atoms with E-state index in [0.29, 0.717) is 6.42 Å². The summed E-state index contributed by atoms with van der Waals surface area (Å²) in [5.74, 6) is -1.03. The van der Waals surface area contributed by atoms with Gasteiger partial charge in [-0.05, 0) is 18.6 Å². The van der Waals surface area contributed by atoms with E-state index in [-0.39, 0.29) is 29.6 Å². The molecule has 0 aliphatic rings. The Hall–Kier alpha value is -1.65. The molecule has 7 heteroatoms. The van der Waals surface area contributed by atoms with Crippen molar-refractivity contribution in [1.82, 2.24) is 0 Å². The molecule has 0 aliphatic heterocycles. The van der Waals surface area contributed by atoms with E-state index in [1.807, 2.05) is 6.92 Å². The smallest absolute Gasteiger partial charge is 0.209 e. The zero-order valence-electron chi connectivity index (χ0n) is 11.2. The summed E-state index contributed by atoms with van der Waals surface area (Å²) in [5.41, 5.74) is -0.182. The summed E-state index contributed by atoms with van der Waals surface area (Å²) in [4.78, 5) is 0. The molecule has 2 N–H and O–H groups in total. The number of sulfonamides is 1. The number of halogens is 1. The van der Waals surface area contributed by atoms with Crippen LogP contribution in [0.1, 0.15) is 25.3 Å². The van der Waals surface area contributed by atoms with Crippen LogP contribution in [0.3, 0.4) is 0 Å². The van der Waals surface area contributed by atoms with Crippen molar-refractivity contribution in [1.29, 1.82) is 5.26 Å². The van der Waals surface area contributed by atoms with Gasteiger partial charge in [0.1, 0.15) is 23.2 Å². The fraction of sp³-hybridized carbons (Fsp3) is 0.462.